The number of hydrogen-bond acceptors (Lipinski definition) is 3. The molecular formula is C20H19ClN2O2. The molecular weight excluding hydrogens is 336 g/mol. The van der Waals surface area contributed by atoms with Crippen molar-refractivity contribution in [1.29, 1.82) is 0 Å². The van der Waals surface area contributed by atoms with Crippen LogP contribution in [-0.2, 0) is 19.9 Å². The van der Waals surface area contributed by atoms with Gasteiger partial charge in [-0.15, -0.1) is 0 Å². The van der Waals surface area contributed by atoms with Crippen molar-refractivity contribution >= 4 is 11.6 Å². The molecule has 2 aromatic carbocycles. The van der Waals surface area contributed by atoms with Crippen molar-refractivity contribution in [3.8, 4) is 16.9 Å². The molecule has 0 saturated carbocycles. The molecule has 0 atom stereocenters. The molecule has 5 heteroatoms. The first-order valence-corrected chi connectivity index (χ1v) is 8.44. The van der Waals surface area contributed by atoms with Gasteiger partial charge in [-0.3, -0.25) is 4.79 Å². The topological polar surface area (TPSA) is 55.1 Å². The van der Waals surface area contributed by atoms with E-state index < -0.39 is 0 Å². The summed E-state index contributed by atoms with van der Waals surface area (Å²) in [6.07, 6.45) is 1.19. The Balaban J connectivity index is 2.01. The lowest BCUT2D eigenvalue weighted by molar-refractivity contribution is 0.455. The van der Waals surface area contributed by atoms with E-state index in [2.05, 4.69) is 5.10 Å². The van der Waals surface area contributed by atoms with E-state index in [9.17, 15) is 9.90 Å². The summed E-state index contributed by atoms with van der Waals surface area (Å²) in [6, 6.07) is 15.1. The standard InChI is InChI=1S/C20H19ClN2O2/c1-13-6-3-4-9-16(13)18-19(24)17(22-23(2)20(18)25)11-10-14-7-5-8-15(21)12-14/h3-9,12,24H,10-11H2,1-2H3. The monoisotopic (exact) mass is 354 g/mol. The number of benzene rings is 2. The van der Waals surface area contributed by atoms with Gasteiger partial charge in [0.05, 0.1) is 5.56 Å². The number of halogens is 1. The number of aromatic nitrogens is 2. The highest BCUT2D eigenvalue weighted by molar-refractivity contribution is 6.30. The third-order valence-corrected chi connectivity index (χ3v) is 4.48. The van der Waals surface area contributed by atoms with Gasteiger partial charge >= 0.3 is 0 Å². The van der Waals surface area contributed by atoms with Crippen LogP contribution in [0, 0.1) is 6.92 Å². The van der Waals surface area contributed by atoms with Crippen LogP contribution >= 0.6 is 11.6 Å². The molecule has 1 heterocycles. The fourth-order valence-electron chi connectivity index (χ4n) is 2.90. The maximum Gasteiger partial charge on any atom is 0.278 e. The SMILES string of the molecule is Cc1ccccc1-c1c(O)c(CCc2cccc(Cl)c2)nn(C)c1=O. The molecule has 1 aromatic heterocycles. The van der Waals surface area contributed by atoms with Crippen molar-refractivity contribution in [2.24, 2.45) is 7.05 Å². The van der Waals surface area contributed by atoms with Crippen LogP contribution in [-0.4, -0.2) is 14.9 Å². The van der Waals surface area contributed by atoms with Crippen molar-refractivity contribution < 1.29 is 5.11 Å². The van der Waals surface area contributed by atoms with Gasteiger partial charge in [-0.25, -0.2) is 4.68 Å². The normalized spacial score (nSPS) is 10.8. The molecule has 0 aliphatic carbocycles. The van der Waals surface area contributed by atoms with Crippen LogP contribution in [0.3, 0.4) is 0 Å². The minimum atomic E-state index is -0.307. The van der Waals surface area contributed by atoms with Gasteiger partial charge in [0.15, 0.2) is 5.75 Å². The van der Waals surface area contributed by atoms with Gasteiger partial charge in [0.2, 0.25) is 0 Å². The van der Waals surface area contributed by atoms with Crippen molar-refractivity contribution in [1.82, 2.24) is 9.78 Å². The molecule has 0 bridgehead atoms. The Morgan fingerprint density at radius 3 is 2.60 bits per heavy atom. The zero-order chi connectivity index (χ0) is 18.0. The van der Waals surface area contributed by atoms with Crippen molar-refractivity contribution in [2.75, 3.05) is 0 Å². The van der Waals surface area contributed by atoms with Gasteiger partial charge in [0.25, 0.3) is 5.56 Å². The maximum atomic E-state index is 12.5. The maximum absolute atomic E-state index is 12.5. The number of aromatic hydroxyl groups is 1. The smallest absolute Gasteiger partial charge is 0.278 e. The predicted molar refractivity (Wildman–Crippen MR) is 100 cm³/mol. The predicted octanol–water partition coefficient (Wildman–Crippen LogP) is 3.90. The third kappa shape index (κ3) is 3.59. The molecule has 128 valence electrons. The zero-order valence-corrected chi connectivity index (χ0v) is 14.9. The Morgan fingerprint density at radius 2 is 1.88 bits per heavy atom. The second kappa shape index (κ2) is 7.11. The van der Waals surface area contributed by atoms with Crippen LogP contribution in [0.2, 0.25) is 5.02 Å². The van der Waals surface area contributed by atoms with Crippen LogP contribution in [0.1, 0.15) is 16.8 Å². The highest BCUT2D eigenvalue weighted by Gasteiger charge is 2.18. The van der Waals surface area contributed by atoms with Gasteiger partial charge in [-0.05, 0) is 48.6 Å². The molecule has 3 aromatic rings. The first kappa shape index (κ1) is 17.2. The van der Waals surface area contributed by atoms with Crippen LogP contribution in [0.15, 0.2) is 53.3 Å². The zero-order valence-electron chi connectivity index (χ0n) is 14.2. The number of hydrogen-bond donors (Lipinski definition) is 1. The van der Waals surface area contributed by atoms with E-state index in [1.165, 1.54) is 4.68 Å². The van der Waals surface area contributed by atoms with E-state index in [1.807, 2.05) is 55.5 Å². The van der Waals surface area contributed by atoms with Gasteiger partial charge in [-0.2, -0.15) is 5.10 Å². The first-order chi connectivity index (χ1) is 12.0. The second-order valence-electron chi connectivity index (χ2n) is 6.04. The summed E-state index contributed by atoms with van der Waals surface area (Å²) in [6.45, 7) is 1.92. The Bertz CT molecular complexity index is 980. The average molecular weight is 355 g/mol. The summed E-state index contributed by atoms with van der Waals surface area (Å²) in [5.41, 5.74) is 3.21. The van der Waals surface area contributed by atoms with Gasteiger partial charge in [0.1, 0.15) is 5.69 Å². The van der Waals surface area contributed by atoms with Crippen molar-refractivity contribution in [3.05, 3.63) is 80.7 Å². The summed E-state index contributed by atoms with van der Waals surface area (Å²) in [5.74, 6) is -0.0422. The number of aryl methyl sites for hydroxylation is 4. The molecule has 4 nitrogen and oxygen atoms in total. The highest BCUT2D eigenvalue weighted by atomic mass is 35.5. The second-order valence-corrected chi connectivity index (χ2v) is 6.48. The summed E-state index contributed by atoms with van der Waals surface area (Å²) in [5, 5.41) is 15.6. The summed E-state index contributed by atoms with van der Waals surface area (Å²) < 4.78 is 1.29. The third-order valence-electron chi connectivity index (χ3n) is 4.24. The minimum Gasteiger partial charge on any atom is -0.505 e. The molecule has 1 N–H and O–H groups in total. The number of nitrogens with zero attached hydrogens (tertiary/aromatic N) is 2. The largest absolute Gasteiger partial charge is 0.505 e. The molecule has 0 amide bonds. The van der Waals surface area contributed by atoms with E-state index in [1.54, 1.807) is 7.05 Å². The van der Waals surface area contributed by atoms with Crippen molar-refractivity contribution in [3.63, 3.8) is 0 Å². The summed E-state index contributed by atoms with van der Waals surface area (Å²) >= 11 is 6.02. The Labute approximate surface area is 151 Å². The van der Waals surface area contributed by atoms with Gasteiger partial charge in [0, 0.05) is 12.1 Å². The minimum absolute atomic E-state index is 0.0422. The fourth-order valence-corrected chi connectivity index (χ4v) is 3.11. The van der Waals surface area contributed by atoms with Gasteiger partial charge < -0.3 is 5.11 Å². The van der Waals surface area contributed by atoms with E-state index in [4.69, 9.17) is 11.6 Å². The summed E-state index contributed by atoms with van der Waals surface area (Å²) in [7, 11) is 1.60. The lowest BCUT2D eigenvalue weighted by atomic mass is 9.99. The lowest BCUT2D eigenvalue weighted by Gasteiger charge is -2.13. The van der Waals surface area contributed by atoms with Crippen LogP contribution < -0.4 is 5.56 Å². The Morgan fingerprint density at radius 1 is 1.12 bits per heavy atom. The highest BCUT2D eigenvalue weighted by Crippen LogP contribution is 2.30. The van der Waals surface area contributed by atoms with Crippen molar-refractivity contribution in [2.45, 2.75) is 19.8 Å². The fraction of sp³-hybridized carbons (Fsp3) is 0.200. The number of rotatable bonds is 4. The van der Waals surface area contributed by atoms with Crippen LogP contribution in [0.25, 0.3) is 11.1 Å². The lowest BCUT2D eigenvalue weighted by Crippen LogP contribution is -2.23. The Kier molecular flexibility index (Phi) is 4.91. The van der Waals surface area contributed by atoms with Crippen LogP contribution in [0.5, 0.6) is 5.75 Å². The molecule has 0 radical (unpaired) electrons. The van der Waals surface area contributed by atoms with Gasteiger partial charge in [-0.1, -0.05) is 48.0 Å². The van der Waals surface area contributed by atoms with E-state index in [0.29, 0.717) is 29.1 Å². The molecule has 0 saturated heterocycles. The van der Waals surface area contributed by atoms with E-state index in [-0.39, 0.29) is 11.3 Å². The average Bonchev–Trinajstić information content (AvgIpc) is 2.59. The molecule has 0 fully saturated rings. The molecule has 0 aliphatic heterocycles. The first-order valence-electron chi connectivity index (χ1n) is 8.07. The molecule has 25 heavy (non-hydrogen) atoms. The molecule has 0 spiro atoms. The quantitative estimate of drug-likeness (QED) is 0.773. The van der Waals surface area contributed by atoms with E-state index in [0.717, 1.165) is 16.7 Å². The summed E-state index contributed by atoms with van der Waals surface area (Å²) in [4.78, 5) is 12.5. The van der Waals surface area contributed by atoms with Crippen LogP contribution in [0.4, 0.5) is 0 Å². The molecule has 0 unspecified atom stereocenters. The Hall–Kier alpha value is -2.59. The molecule has 3 rings (SSSR count). The van der Waals surface area contributed by atoms with E-state index >= 15 is 0 Å². The molecule has 0 aliphatic rings.